The zero-order valence-corrected chi connectivity index (χ0v) is 17.5. The van der Waals surface area contributed by atoms with E-state index in [1.807, 2.05) is 42.5 Å². The van der Waals surface area contributed by atoms with E-state index in [-0.39, 0.29) is 5.91 Å². The van der Waals surface area contributed by atoms with E-state index >= 15 is 0 Å². The maximum atomic E-state index is 12.3. The Morgan fingerprint density at radius 2 is 1.93 bits per heavy atom. The molecule has 0 saturated carbocycles. The van der Waals surface area contributed by atoms with Crippen LogP contribution < -0.4 is 10.1 Å². The molecule has 1 amide bonds. The van der Waals surface area contributed by atoms with Crippen LogP contribution in [0.2, 0.25) is 5.02 Å². The topological polar surface area (TPSA) is 46.5 Å². The molecule has 0 radical (unpaired) electrons. The SMILES string of the molecule is CN1C(=O)/C(=C/c2cn(CCCOc3ccccc3Cl)c3ccccc23)NC1=S. The monoisotopic (exact) mass is 425 g/mol. The number of carbonyl (C=O) groups is 1. The second-order valence-electron chi connectivity index (χ2n) is 6.78. The number of para-hydroxylation sites is 2. The lowest BCUT2D eigenvalue weighted by atomic mass is 10.1. The van der Waals surface area contributed by atoms with E-state index in [9.17, 15) is 4.79 Å². The molecule has 4 rings (SSSR count). The molecule has 29 heavy (non-hydrogen) atoms. The smallest absolute Gasteiger partial charge is 0.276 e. The highest BCUT2D eigenvalue weighted by atomic mass is 35.5. The number of halogens is 1. The summed E-state index contributed by atoms with van der Waals surface area (Å²) in [5, 5.41) is 5.10. The number of hydrogen-bond acceptors (Lipinski definition) is 3. The average Bonchev–Trinajstić information content (AvgIpc) is 3.19. The molecule has 0 atom stereocenters. The Morgan fingerprint density at radius 1 is 1.17 bits per heavy atom. The lowest BCUT2D eigenvalue weighted by Gasteiger charge is -2.09. The van der Waals surface area contributed by atoms with Gasteiger partial charge in [-0.25, -0.2) is 0 Å². The summed E-state index contributed by atoms with van der Waals surface area (Å²) < 4.78 is 7.97. The molecule has 0 spiro atoms. The molecule has 1 N–H and O–H groups in total. The summed E-state index contributed by atoms with van der Waals surface area (Å²) in [4.78, 5) is 13.7. The van der Waals surface area contributed by atoms with Crippen molar-refractivity contribution >= 4 is 51.8 Å². The number of amides is 1. The highest BCUT2D eigenvalue weighted by molar-refractivity contribution is 7.80. The molecule has 2 aromatic carbocycles. The fraction of sp³-hybridized carbons (Fsp3) is 0.182. The molecule has 1 saturated heterocycles. The summed E-state index contributed by atoms with van der Waals surface area (Å²) in [7, 11) is 1.67. The zero-order valence-electron chi connectivity index (χ0n) is 15.9. The first-order valence-electron chi connectivity index (χ1n) is 9.30. The van der Waals surface area contributed by atoms with Gasteiger partial charge in [-0.2, -0.15) is 0 Å². The first kappa shape index (κ1) is 19.5. The van der Waals surface area contributed by atoms with Crippen molar-refractivity contribution in [1.29, 1.82) is 0 Å². The number of nitrogens with one attached hydrogen (secondary N) is 1. The number of benzene rings is 2. The molecule has 1 aliphatic heterocycles. The minimum absolute atomic E-state index is 0.125. The minimum atomic E-state index is -0.125. The molecular formula is C22H20ClN3O2S. The van der Waals surface area contributed by atoms with E-state index in [2.05, 4.69) is 28.2 Å². The average molecular weight is 426 g/mol. The van der Waals surface area contributed by atoms with E-state index < -0.39 is 0 Å². The first-order valence-corrected chi connectivity index (χ1v) is 10.1. The normalized spacial score (nSPS) is 15.4. The van der Waals surface area contributed by atoms with Crippen molar-refractivity contribution in [2.45, 2.75) is 13.0 Å². The predicted octanol–water partition coefficient (Wildman–Crippen LogP) is 4.45. The van der Waals surface area contributed by atoms with Gasteiger partial charge in [-0.1, -0.05) is 41.9 Å². The van der Waals surface area contributed by atoms with Crippen molar-refractivity contribution in [2.75, 3.05) is 13.7 Å². The first-order chi connectivity index (χ1) is 14.0. The number of aromatic nitrogens is 1. The quantitative estimate of drug-likeness (QED) is 0.360. The number of nitrogens with zero attached hydrogens (tertiary/aromatic N) is 2. The Morgan fingerprint density at radius 3 is 2.69 bits per heavy atom. The zero-order chi connectivity index (χ0) is 20.4. The van der Waals surface area contributed by atoms with Gasteiger partial charge in [-0.3, -0.25) is 9.69 Å². The molecule has 1 fully saturated rings. The van der Waals surface area contributed by atoms with Crippen LogP contribution in [-0.4, -0.2) is 34.1 Å². The van der Waals surface area contributed by atoms with Crippen molar-refractivity contribution < 1.29 is 9.53 Å². The summed E-state index contributed by atoms with van der Waals surface area (Å²) in [6, 6.07) is 15.6. The minimum Gasteiger partial charge on any atom is -0.492 e. The Labute approximate surface area is 179 Å². The highest BCUT2D eigenvalue weighted by Crippen LogP contribution is 2.26. The number of hydrogen-bond donors (Lipinski definition) is 1. The predicted molar refractivity (Wildman–Crippen MR) is 120 cm³/mol. The van der Waals surface area contributed by atoms with Gasteiger partial charge in [-0.15, -0.1) is 0 Å². The Balaban J connectivity index is 1.51. The number of likely N-dealkylation sites (N-methyl/N-ethyl adjacent to an activating group) is 1. The molecule has 1 aromatic heterocycles. The number of aryl methyl sites for hydroxylation is 1. The largest absolute Gasteiger partial charge is 0.492 e. The summed E-state index contributed by atoms with van der Waals surface area (Å²) in [6.07, 6.45) is 4.74. The number of fused-ring (bicyclic) bond motifs is 1. The highest BCUT2D eigenvalue weighted by Gasteiger charge is 2.27. The second kappa shape index (κ2) is 8.27. The van der Waals surface area contributed by atoms with Gasteiger partial charge < -0.3 is 14.6 Å². The molecule has 1 aliphatic rings. The van der Waals surface area contributed by atoms with E-state index in [1.54, 1.807) is 7.05 Å². The molecule has 0 bridgehead atoms. The molecule has 7 heteroatoms. The molecule has 0 unspecified atom stereocenters. The summed E-state index contributed by atoms with van der Waals surface area (Å²) in [6.45, 7) is 1.35. The summed E-state index contributed by atoms with van der Waals surface area (Å²) in [5.41, 5.74) is 2.57. The fourth-order valence-corrected chi connectivity index (χ4v) is 3.72. The summed E-state index contributed by atoms with van der Waals surface area (Å²) in [5.74, 6) is 0.572. The standard InChI is InChI=1S/C22H20ClN3O2S/c1-25-21(27)18(24-22(25)29)13-15-14-26(19-9-4-2-7-16(15)19)11-6-12-28-20-10-5-3-8-17(20)23/h2-5,7-10,13-14H,6,11-12H2,1H3,(H,24,29)/b18-13-. The van der Waals surface area contributed by atoms with Crippen molar-refractivity contribution in [2.24, 2.45) is 0 Å². The van der Waals surface area contributed by atoms with Crippen molar-refractivity contribution in [3.63, 3.8) is 0 Å². The van der Waals surface area contributed by atoms with Gasteiger partial charge in [0.15, 0.2) is 5.11 Å². The third kappa shape index (κ3) is 3.99. The molecule has 0 aliphatic carbocycles. The van der Waals surface area contributed by atoms with Gasteiger partial charge in [0.1, 0.15) is 11.4 Å². The Kier molecular flexibility index (Phi) is 5.56. The van der Waals surface area contributed by atoms with Gasteiger partial charge in [0.25, 0.3) is 5.91 Å². The Hall–Kier alpha value is -2.83. The van der Waals surface area contributed by atoms with Crippen LogP contribution in [0.3, 0.4) is 0 Å². The van der Waals surface area contributed by atoms with E-state index in [1.165, 1.54) is 4.90 Å². The van der Waals surface area contributed by atoms with Gasteiger partial charge in [-0.05, 0) is 42.9 Å². The van der Waals surface area contributed by atoms with Crippen LogP contribution >= 0.6 is 23.8 Å². The number of ether oxygens (including phenoxy) is 1. The molecule has 2 heterocycles. The Bertz CT molecular complexity index is 1120. The lowest BCUT2D eigenvalue weighted by molar-refractivity contribution is -0.121. The number of thiocarbonyl (C=S) groups is 1. The van der Waals surface area contributed by atoms with Crippen LogP contribution in [0.1, 0.15) is 12.0 Å². The lowest BCUT2D eigenvalue weighted by Crippen LogP contribution is -2.25. The van der Waals surface area contributed by atoms with Crippen LogP contribution in [-0.2, 0) is 11.3 Å². The van der Waals surface area contributed by atoms with Gasteiger partial charge in [0.2, 0.25) is 0 Å². The molecule has 3 aromatic rings. The van der Waals surface area contributed by atoms with Gasteiger partial charge in [0, 0.05) is 36.3 Å². The maximum Gasteiger partial charge on any atom is 0.276 e. The van der Waals surface area contributed by atoms with Crippen molar-refractivity contribution in [1.82, 2.24) is 14.8 Å². The van der Waals surface area contributed by atoms with Gasteiger partial charge in [0.05, 0.1) is 11.6 Å². The van der Waals surface area contributed by atoms with E-state index in [0.717, 1.165) is 29.4 Å². The third-order valence-corrected chi connectivity index (χ3v) is 5.53. The van der Waals surface area contributed by atoms with Crippen LogP contribution in [0.4, 0.5) is 0 Å². The number of carbonyl (C=O) groups excluding carboxylic acids is 1. The second-order valence-corrected chi connectivity index (χ2v) is 7.57. The molecule has 5 nitrogen and oxygen atoms in total. The third-order valence-electron chi connectivity index (χ3n) is 4.84. The van der Waals surface area contributed by atoms with Crippen LogP contribution in [0.15, 0.2) is 60.4 Å². The van der Waals surface area contributed by atoms with Crippen molar-refractivity contribution in [3.8, 4) is 5.75 Å². The van der Waals surface area contributed by atoms with Crippen LogP contribution in [0.5, 0.6) is 5.75 Å². The van der Waals surface area contributed by atoms with Crippen LogP contribution in [0, 0.1) is 0 Å². The fourth-order valence-electron chi connectivity index (χ4n) is 3.33. The molecular weight excluding hydrogens is 406 g/mol. The van der Waals surface area contributed by atoms with Gasteiger partial charge >= 0.3 is 0 Å². The van der Waals surface area contributed by atoms with Crippen molar-refractivity contribution in [3.05, 3.63) is 71.0 Å². The van der Waals surface area contributed by atoms with Crippen LogP contribution in [0.25, 0.3) is 17.0 Å². The summed E-state index contributed by atoms with van der Waals surface area (Å²) >= 11 is 11.3. The number of rotatable bonds is 6. The van der Waals surface area contributed by atoms with E-state index in [4.69, 9.17) is 28.6 Å². The maximum absolute atomic E-state index is 12.3. The molecule has 148 valence electrons. The van der Waals surface area contributed by atoms with E-state index in [0.29, 0.717) is 28.2 Å².